The number of carboxylic acid groups (broad SMARTS) is 1. The van der Waals surface area contributed by atoms with Gasteiger partial charge in [0.2, 0.25) is 0 Å². The van der Waals surface area contributed by atoms with Gasteiger partial charge >= 0.3 is 17.9 Å². The second-order valence-corrected chi connectivity index (χ2v) is 11.9. The Bertz CT molecular complexity index is 1590. The summed E-state index contributed by atoms with van der Waals surface area (Å²) in [5.74, 6) is -1.95. The van der Waals surface area contributed by atoms with Crippen molar-refractivity contribution in [2.45, 2.75) is 13.1 Å². The number of aromatic hydroxyl groups is 2. The van der Waals surface area contributed by atoms with Crippen LogP contribution in [0.25, 0.3) is 0 Å². The minimum atomic E-state index is -1.05. The van der Waals surface area contributed by atoms with Crippen LogP contribution in [-0.2, 0) is 22.6 Å². The molecule has 0 saturated heterocycles. The summed E-state index contributed by atoms with van der Waals surface area (Å²) in [6.07, 6.45) is 0. The molecule has 0 spiro atoms. The SMILES string of the molecule is COC(=O)c1sc(C(=O)NCc2cccc(O)c2)cc1Br.COC(=O)c1sc(C(=O)O)cc1Br.NCc1cccc(O)c1. The van der Waals surface area contributed by atoms with Crippen molar-refractivity contribution in [3.8, 4) is 11.5 Å². The van der Waals surface area contributed by atoms with Crippen molar-refractivity contribution >= 4 is 78.3 Å². The molecule has 2 aromatic heterocycles. The van der Waals surface area contributed by atoms with Crippen LogP contribution in [0.15, 0.2) is 69.6 Å². The number of rotatable bonds is 7. The first-order chi connectivity index (χ1) is 20.4. The summed E-state index contributed by atoms with van der Waals surface area (Å²) in [4.78, 5) is 46.2. The lowest BCUT2D eigenvalue weighted by molar-refractivity contribution is 0.0596. The Morgan fingerprint density at radius 3 is 1.67 bits per heavy atom. The van der Waals surface area contributed by atoms with E-state index in [2.05, 4.69) is 46.7 Å². The van der Waals surface area contributed by atoms with E-state index in [9.17, 15) is 24.3 Å². The Hall–Kier alpha value is -3.76. The molecule has 0 fully saturated rings. The van der Waals surface area contributed by atoms with Gasteiger partial charge in [-0.3, -0.25) is 4.79 Å². The first kappa shape index (κ1) is 35.4. The van der Waals surface area contributed by atoms with Crippen LogP contribution in [-0.4, -0.2) is 53.4 Å². The van der Waals surface area contributed by atoms with E-state index in [4.69, 9.17) is 15.9 Å². The predicted octanol–water partition coefficient (Wildman–Crippen LogP) is 5.78. The average molecular weight is 758 g/mol. The fourth-order valence-electron chi connectivity index (χ4n) is 3.04. The van der Waals surface area contributed by atoms with Crippen molar-refractivity contribution < 1.29 is 44.0 Å². The first-order valence-electron chi connectivity index (χ1n) is 11.9. The quantitative estimate of drug-likeness (QED) is 0.145. The Labute approximate surface area is 271 Å². The molecule has 0 radical (unpaired) electrons. The highest BCUT2D eigenvalue weighted by Gasteiger charge is 2.19. The third-order valence-electron chi connectivity index (χ3n) is 5.06. The number of nitrogens with two attached hydrogens (primary N) is 1. The van der Waals surface area contributed by atoms with Gasteiger partial charge in [0.05, 0.1) is 19.1 Å². The zero-order valence-electron chi connectivity index (χ0n) is 22.6. The van der Waals surface area contributed by atoms with Crippen LogP contribution in [0, 0.1) is 0 Å². The fourth-order valence-corrected chi connectivity index (χ4v) is 6.30. The van der Waals surface area contributed by atoms with Gasteiger partial charge in [0, 0.05) is 22.0 Å². The number of phenols is 2. The molecule has 0 aliphatic heterocycles. The number of phenolic OH excluding ortho intramolecular Hbond substituents is 2. The summed E-state index contributed by atoms with van der Waals surface area (Å²) in [7, 11) is 2.53. The molecule has 43 heavy (non-hydrogen) atoms. The molecule has 0 aliphatic carbocycles. The van der Waals surface area contributed by atoms with Gasteiger partial charge in [0.25, 0.3) is 5.91 Å². The Morgan fingerprint density at radius 1 is 0.791 bits per heavy atom. The highest BCUT2D eigenvalue weighted by Crippen LogP contribution is 2.29. The fraction of sp³-hybridized carbons (Fsp3) is 0.143. The van der Waals surface area contributed by atoms with Crippen LogP contribution in [0.4, 0.5) is 0 Å². The monoisotopic (exact) mass is 756 g/mol. The highest BCUT2D eigenvalue weighted by molar-refractivity contribution is 9.11. The number of nitrogens with one attached hydrogen (secondary N) is 1. The van der Waals surface area contributed by atoms with Crippen molar-refractivity contribution in [3.63, 3.8) is 0 Å². The first-order valence-corrected chi connectivity index (χ1v) is 15.1. The van der Waals surface area contributed by atoms with Crippen LogP contribution in [0.5, 0.6) is 11.5 Å². The Kier molecular flexibility index (Phi) is 14.3. The highest BCUT2D eigenvalue weighted by atomic mass is 79.9. The summed E-state index contributed by atoms with van der Waals surface area (Å²) < 4.78 is 10.1. The number of hydrogen-bond donors (Lipinski definition) is 5. The maximum Gasteiger partial charge on any atom is 0.349 e. The number of hydrogen-bond acceptors (Lipinski definition) is 11. The van der Waals surface area contributed by atoms with Crippen molar-refractivity contribution in [2.75, 3.05) is 14.2 Å². The summed E-state index contributed by atoms with van der Waals surface area (Å²) in [5.41, 5.74) is 7.05. The largest absolute Gasteiger partial charge is 0.508 e. The topological polar surface area (TPSA) is 185 Å². The lowest BCUT2D eigenvalue weighted by Gasteiger charge is -2.04. The number of aromatic carboxylic acids is 1. The second kappa shape index (κ2) is 17.4. The average Bonchev–Trinajstić information content (AvgIpc) is 3.58. The number of methoxy groups -OCH3 is 2. The van der Waals surface area contributed by atoms with Crippen LogP contribution in [0.1, 0.15) is 49.8 Å². The van der Waals surface area contributed by atoms with E-state index in [0.29, 0.717) is 25.2 Å². The third kappa shape index (κ3) is 11.1. The van der Waals surface area contributed by atoms with Crippen LogP contribution >= 0.6 is 54.5 Å². The number of carbonyl (C=O) groups is 4. The molecule has 228 valence electrons. The molecule has 0 saturated carbocycles. The molecule has 2 heterocycles. The molecular weight excluding hydrogens is 732 g/mol. The smallest absolute Gasteiger partial charge is 0.349 e. The molecule has 0 aliphatic rings. The van der Waals surface area contributed by atoms with Gasteiger partial charge in [-0.25, -0.2) is 14.4 Å². The minimum Gasteiger partial charge on any atom is -0.508 e. The summed E-state index contributed by atoms with van der Waals surface area (Å²) in [5, 5.41) is 29.6. The zero-order valence-corrected chi connectivity index (χ0v) is 27.4. The maximum absolute atomic E-state index is 12.0. The number of ether oxygens (including phenoxy) is 2. The van der Waals surface area contributed by atoms with Gasteiger partial charge in [-0.2, -0.15) is 0 Å². The maximum atomic E-state index is 12.0. The molecular formula is C28H26Br2N2O9S2. The molecule has 0 atom stereocenters. The van der Waals surface area contributed by atoms with Crippen molar-refractivity contribution in [1.29, 1.82) is 0 Å². The van der Waals surface area contributed by atoms with E-state index in [1.165, 1.54) is 20.3 Å². The number of halogens is 2. The normalized spacial score (nSPS) is 9.88. The minimum absolute atomic E-state index is 0.104. The van der Waals surface area contributed by atoms with Gasteiger partial charge in [-0.1, -0.05) is 24.3 Å². The number of benzene rings is 2. The van der Waals surface area contributed by atoms with Gasteiger partial charge < -0.3 is 35.8 Å². The zero-order chi connectivity index (χ0) is 32.1. The number of amides is 1. The van der Waals surface area contributed by atoms with E-state index < -0.39 is 17.9 Å². The molecule has 6 N–H and O–H groups in total. The molecule has 0 bridgehead atoms. The lowest BCUT2D eigenvalue weighted by atomic mass is 10.2. The van der Waals surface area contributed by atoms with Gasteiger partial charge in [0.15, 0.2) is 0 Å². The number of thiophene rings is 2. The molecule has 1 amide bonds. The van der Waals surface area contributed by atoms with E-state index >= 15 is 0 Å². The predicted molar refractivity (Wildman–Crippen MR) is 169 cm³/mol. The van der Waals surface area contributed by atoms with Crippen LogP contribution in [0.3, 0.4) is 0 Å². The number of carboxylic acids is 1. The van der Waals surface area contributed by atoms with Crippen molar-refractivity contribution in [2.24, 2.45) is 5.73 Å². The summed E-state index contributed by atoms with van der Waals surface area (Å²) >= 11 is 8.24. The lowest BCUT2D eigenvalue weighted by Crippen LogP contribution is -2.21. The van der Waals surface area contributed by atoms with Crippen molar-refractivity contribution in [1.82, 2.24) is 5.32 Å². The Morgan fingerprint density at radius 2 is 1.26 bits per heavy atom. The van der Waals surface area contributed by atoms with E-state index in [-0.39, 0.29) is 33.7 Å². The van der Waals surface area contributed by atoms with E-state index in [1.807, 2.05) is 6.07 Å². The molecule has 11 nitrogen and oxygen atoms in total. The number of esters is 2. The molecule has 4 rings (SSSR count). The van der Waals surface area contributed by atoms with E-state index in [0.717, 1.165) is 33.8 Å². The van der Waals surface area contributed by atoms with Crippen LogP contribution in [0.2, 0.25) is 0 Å². The third-order valence-corrected chi connectivity index (χ3v) is 9.05. The molecule has 2 aromatic carbocycles. The van der Waals surface area contributed by atoms with Gasteiger partial charge in [-0.15, -0.1) is 22.7 Å². The van der Waals surface area contributed by atoms with Crippen LogP contribution < -0.4 is 11.1 Å². The molecule has 15 heteroatoms. The molecule has 0 unspecified atom stereocenters. The van der Waals surface area contributed by atoms with Crippen molar-refractivity contribution in [3.05, 3.63) is 100 Å². The second-order valence-electron chi connectivity index (χ2n) is 8.09. The number of carbonyl (C=O) groups excluding carboxylic acids is 3. The Balaban J connectivity index is 0.000000249. The summed E-state index contributed by atoms with van der Waals surface area (Å²) in [6.45, 7) is 0.769. The van der Waals surface area contributed by atoms with E-state index in [1.54, 1.807) is 48.5 Å². The summed E-state index contributed by atoms with van der Waals surface area (Å²) in [6, 6.07) is 16.5. The van der Waals surface area contributed by atoms with Gasteiger partial charge in [0.1, 0.15) is 26.1 Å². The van der Waals surface area contributed by atoms with Gasteiger partial charge in [-0.05, 0) is 79.4 Å². The standard InChI is InChI=1S/C14H12BrNO4S.C7H5BrO4S.C7H9NO/c1-20-14(19)12-10(15)6-11(21-12)13(18)16-7-8-3-2-4-9(17)5-8;1-12-7(11)5-3(8)2-4(13-5)6(9)10;8-5-6-2-1-3-7(9)4-6/h2-6,17H,7H2,1H3,(H,16,18);2H,1H3,(H,9,10);1-4,9H,5,8H2. The molecule has 4 aromatic rings.